The van der Waals surface area contributed by atoms with Gasteiger partial charge in [0, 0.05) is 23.0 Å². The van der Waals surface area contributed by atoms with Gasteiger partial charge in [0.25, 0.3) is 5.91 Å². The van der Waals surface area contributed by atoms with Crippen LogP contribution in [-0.4, -0.2) is 46.8 Å². The summed E-state index contributed by atoms with van der Waals surface area (Å²) in [5, 5.41) is 4.31. The molecular formula is C22H25N4O+. The minimum atomic E-state index is 0.123. The number of benzene rings is 2. The molecule has 2 aromatic carbocycles. The maximum atomic E-state index is 12.8. The smallest absolute Gasteiger partial charge is 0.254 e. The van der Waals surface area contributed by atoms with Gasteiger partial charge in [0.15, 0.2) is 0 Å². The lowest BCUT2D eigenvalue weighted by Crippen LogP contribution is -3.13. The zero-order valence-electron chi connectivity index (χ0n) is 15.6. The van der Waals surface area contributed by atoms with Crippen molar-refractivity contribution >= 4 is 5.91 Å². The zero-order chi connectivity index (χ0) is 18.6. The molecule has 1 saturated heterocycles. The minimum absolute atomic E-state index is 0.123. The summed E-state index contributed by atoms with van der Waals surface area (Å²) in [6.07, 6.45) is 1.78. The molecule has 3 aromatic rings. The third kappa shape index (κ3) is 3.93. The highest BCUT2D eigenvalue weighted by atomic mass is 16.2. The van der Waals surface area contributed by atoms with Gasteiger partial charge >= 0.3 is 0 Å². The maximum absolute atomic E-state index is 12.8. The van der Waals surface area contributed by atoms with E-state index in [0.29, 0.717) is 0 Å². The van der Waals surface area contributed by atoms with E-state index in [9.17, 15) is 4.79 Å². The number of aromatic nitrogens is 2. The Balaban J connectivity index is 1.36. The van der Waals surface area contributed by atoms with Crippen molar-refractivity contribution in [3.05, 3.63) is 83.7 Å². The molecule has 1 aromatic heterocycles. The van der Waals surface area contributed by atoms with Gasteiger partial charge in [0.2, 0.25) is 0 Å². The highest BCUT2D eigenvalue weighted by Gasteiger charge is 2.24. The molecule has 138 valence electrons. The van der Waals surface area contributed by atoms with E-state index in [-0.39, 0.29) is 5.91 Å². The second-order valence-electron chi connectivity index (χ2n) is 7.14. The summed E-state index contributed by atoms with van der Waals surface area (Å²) in [7, 11) is 0. The standard InChI is InChI=1S/C22H24N4O/c1-18-11-12-23-26(18)21-9-7-20(8-10-21)22(27)25-15-13-24(14-16-25)17-19-5-3-2-4-6-19/h2-12H,13-17H2,1H3/p+1. The molecule has 0 saturated carbocycles. The summed E-state index contributed by atoms with van der Waals surface area (Å²) in [5.41, 5.74) is 4.16. The van der Waals surface area contributed by atoms with Crippen LogP contribution in [0.2, 0.25) is 0 Å². The fourth-order valence-electron chi connectivity index (χ4n) is 3.65. The van der Waals surface area contributed by atoms with Gasteiger partial charge in [-0.15, -0.1) is 0 Å². The Hall–Kier alpha value is -2.92. The molecule has 4 rings (SSSR count). The number of aryl methyl sites for hydroxylation is 1. The summed E-state index contributed by atoms with van der Waals surface area (Å²) in [4.78, 5) is 16.3. The largest absolute Gasteiger partial charge is 0.328 e. The third-order valence-corrected chi connectivity index (χ3v) is 5.25. The number of carbonyl (C=O) groups is 1. The van der Waals surface area contributed by atoms with Crippen molar-refractivity contribution in [1.29, 1.82) is 0 Å². The van der Waals surface area contributed by atoms with Crippen molar-refractivity contribution in [2.24, 2.45) is 0 Å². The molecule has 1 N–H and O–H groups in total. The molecule has 0 unspecified atom stereocenters. The molecule has 1 aliphatic heterocycles. The van der Waals surface area contributed by atoms with Crippen LogP contribution in [-0.2, 0) is 6.54 Å². The summed E-state index contributed by atoms with van der Waals surface area (Å²) >= 11 is 0. The first kappa shape index (κ1) is 17.5. The number of quaternary nitrogens is 1. The van der Waals surface area contributed by atoms with Gasteiger partial charge in [-0.3, -0.25) is 4.79 Å². The number of carbonyl (C=O) groups excluding carboxylic acids is 1. The van der Waals surface area contributed by atoms with Crippen LogP contribution in [0.25, 0.3) is 5.69 Å². The minimum Gasteiger partial charge on any atom is -0.328 e. The van der Waals surface area contributed by atoms with E-state index >= 15 is 0 Å². The second kappa shape index (κ2) is 7.76. The number of hydrogen-bond acceptors (Lipinski definition) is 2. The van der Waals surface area contributed by atoms with Crippen molar-refractivity contribution in [3.63, 3.8) is 0 Å². The van der Waals surface area contributed by atoms with Gasteiger partial charge in [0.1, 0.15) is 6.54 Å². The van der Waals surface area contributed by atoms with Crippen LogP contribution in [0.15, 0.2) is 66.9 Å². The van der Waals surface area contributed by atoms with E-state index in [1.54, 1.807) is 6.20 Å². The third-order valence-electron chi connectivity index (χ3n) is 5.25. The summed E-state index contributed by atoms with van der Waals surface area (Å²) < 4.78 is 1.87. The molecule has 0 atom stereocenters. The first-order valence-corrected chi connectivity index (χ1v) is 9.48. The van der Waals surface area contributed by atoms with Gasteiger partial charge in [-0.25, -0.2) is 4.68 Å². The van der Waals surface area contributed by atoms with Crippen molar-refractivity contribution < 1.29 is 9.69 Å². The van der Waals surface area contributed by atoms with Crippen molar-refractivity contribution in [2.75, 3.05) is 26.2 Å². The average Bonchev–Trinajstić information content (AvgIpc) is 3.15. The Morgan fingerprint density at radius 1 is 1.00 bits per heavy atom. The predicted molar refractivity (Wildman–Crippen MR) is 105 cm³/mol. The molecule has 1 amide bonds. The monoisotopic (exact) mass is 361 g/mol. The molecule has 1 aliphatic rings. The molecule has 0 spiro atoms. The molecule has 5 heteroatoms. The van der Waals surface area contributed by atoms with E-state index in [0.717, 1.165) is 49.7 Å². The van der Waals surface area contributed by atoms with Gasteiger partial charge in [0.05, 0.1) is 31.9 Å². The summed E-state index contributed by atoms with van der Waals surface area (Å²) in [6.45, 7) is 6.64. The number of piperazine rings is 1. The van der Waals surface area contributed by atoms with Crippen LogP contribution in [0.4, 0.5) is 0 Å². The summed E-state index contributed by atoms with van der Waals surface area (Å²) in [6, 6.07) is 20.3. The fraction of sp³-hybridized carbons (Fsp3) is 0.273. The summed E-state index contributed by atoms with van der Waals surface area (Å²) in [5.74, 6) is 0.123. The van der Waals surface area contributed by atoms with Gasteiger partial charge in [-0.05, 0) is 37.3 Å². The van der Waals surface area contributed by atoms with Crippen LogP contribution in [0.5, 0.6) is 0 Å². The number of rotatable bonds is 4. The van der Waals surface area contributed by atoms with Crippen molar-refractivity contribution in [3.8, 4) is 5.69 Å². The Bertz CT molecular complexity index is 894. The molecule has 27 heavy (non-hydrogen) atoms. The lowest BCUT2D eigenvalue weighted by atomic mass is 10.1. The molecule has 0 radical (unpaired) electrons. The zero-order valence-corrected chi connectivity index (χ0v) is 15.6. The maximum Gasteiger partial charge on any atom is 0.254 e. The first-order chi connectivity index (χ1) is 13.2. The molecular weight excluding hydrogens is 336 g/mol. The molecule has 2 heterocycles. The topological polar surface area (TPSA) is 42.6 Å². The van der Waals surface area contributed by atoms with E-state index < -0.39 is 0 Å². The molecule has 1 fully saturated rings. The fourth-order valence-corrected chi connectivity index (χ4v) is 3.65. The van der Waals surface area contributed by atoms with E-state index in [2.05, 4.69) is 29.4 Å². The average molecular weight is 361 g/mol. The number of amides is 1. The Morgan fingerprint density at radius 3 is 2.33 bits per heavy atom. The van der Waals surface area contributed by atoms with Crippen LogP contribution in [0, 0.1) is 6.92 Å². The van der Waals surface area contributed by atoms with Crippen LogP contribution < -0.4 is 4.90 Å². The Kier molecular flexibility index (Phi) is 5.03. The number of nitrogens with zero attached hydrogens (tertiary/aromatic N) is 3. The lowest BCUT2D eigenvalue weighted by Gasteiger charge is -2.32. The molecule has 0 aliphatic carbocycles. The lowest BCUT2D eigenvalue weighted by molar-refractivity contribution is -0.917. The Labute approximate surface area is 159 Å². The van der Waals surface area contributed by atoms with Crippen molar-refractivity contribution in [2.45, 2.75) is 13.5 Å². The Morgan fingerprint density at radius 2 is 1.70 bits per heavy atom. The highest BCUT2D eigenvalue weighted by molar-refractivity contribution is 5.94. The van der Waals surface area contributed by atoms with Gasteiger partial charge in [-0.2, -0.15) is 5.10 Å². The second-order valence-corrected chi connectivity index (χ2v) is 7.14. The SMILES string of the molecule is Cc1ccnn1-c1ccc(C(=O)N2CC[NH+](Cc3ccccc3)CC2)cc1. The number of nitrogens with one attached hydrogen (secondary N) is 1. The van der Waals surface area contributed by atoms with Crippen molar-refractivity contribution in [1.82, 2.24) is 14.7 Å². The van der Waals surface area contributed by atoms with E-state index in [1.165, 1.54) is 10.5 Å². The predicted octanol–water partition coefficient (Wildman–Crippen LogP) is 1.72. The quantitative estimate of drug-likeness (QED) is 0.769. The highest BCUT2D eigenvalue weighted by Crippen LogP contribution is 2.13. The number of hydrogen-bond donors (Lipinski definition) is 1. The van der Waals surface area contributed by atoms with Crippen LogP contribution >= 0.6 is 0 Å². The van der Waals surface area contributed by atoms with E-state index in [1.807, 2.05) is 52.9 Å². The van der Waals surface area contributed by atoms with Crippen LogP contribution in [0.1, 0.15) is 21.6 Å². The van der Waals surface area contributed by atoms with E-state index in [4.69, 9.17) is 0 Å². The first-order valence-electron chi connectivity index (χ1n) is 9.48. The molecule has 0 bridgehead atoms. The molecule has 5 nitrogen and oxygen atoms in total. The van der Waals surface area contributed by atoms with Crippen LogP contribution in [0.3, 0.4) is 0 Å². The van der Waals surface area contributed by atoms with Gasteiger partial charge in [-0.1, -0.05) is 30.3 Å². The van der Waals surface area contributed by atoms with Gasteiger partial charge < -0.3 is 9.80 Å². The normalized spacial score (nSPS) is 15.1.